The van der Waals surface area contributed by atoms with Gasteiger partial charge in [-0.05, 0) is 0 Å². The normalized spacial score (nSPS) is 33.6. The Balaban J connectivity index is 1.82. The number of rotatable bonds is 4. The van der Waals surface area contributed by atoms with E-state index in [4.69, 9.17) is 14.2 Å². The zero-order chi connectivity index (χ0) is 16.0. The summed E-state index contributed by atoms with van der Waals surface area (Å²) in [4.78, 5) is 25.8. The molecular formula is C15H17NO5Se. The van der Waals surface area contributed by atoms with Crippen LogP contribution >= 0.6 is 0 Å². The minimum atomic E-state index is -1.30. The third-order valence-electron chi connectivity index (χ3n) is 4.20. The molecule has 0 saturated carbocycles. The molecule has 7 heteroatoms. The number of carbonyl (C=O) groups is 2. The zero-order valence-electron chi connectivity index (χ0n) is 12.6. The number of benzene rings is 1. The molecule has 2 aliphatic heterocycles. The third-order valence-corrected chi connectivity index (χ3v) is 6.49. The van der Waals surface area contributed by atoms with E-state index >= 15 is 0 Å². The molecule has 2 aliphatic rings. The van der Waals surface area contributed by atoms with E-state index in [1.165, 1.54) is 16.5 Å². The Hall–Kier alpha value is -1.56. The predicted molar refractivity (Wildman–Crippen MR) is 78.7 cm³/mol. The van der Waals surface area contributed by atoms with Crippen molar-refractivity contribution in [3.05, 3.63) is 30.3 Å². The molecule has 0 spiro atoms. The molecule has 3 atom stereocenters. The first kappa shape index (κ1) is 15.3. The second-order valence-corrected chi connectivity index (χ2v) is 7.73. The van der Waals surface area contributed by atoms with Crippen molar-refractivity contribution in [3.63, 3.8) is 0 Å². The second kappa shape index (κ2) is 5.26. The number of esters is 1. The topological polar surface area (TPSA) is 65.1 Å². The molecule has 6 nitrogen and oxygen atoms in total. The number of fused-ring (bicyclic) bond motifs is 1. The van der Waals surface area contributed by atoms with Crippen molar-refractivity contribution >= 4 is 31.5 Å². The summed E-state index contributed by atoms with van der Waals surface area (Å²) >= 11 is 0.0581. The van der Waals surface area contributed by atoms with Gasteiger partial charge in [0.05, 0.1) is 0 Å². The Morgan fingerprint density at radius 1 is 1.23 bits per heavy atom. The molecule has 2 heterocycles. The van der Waals surface area contributed by atoms with Gasteiger partial charge < -0.3 is 0 Å². The molecular weight excluding hydrogens is 353 g/mol. The number of hydrogen-bond donors (Lipinski definition) is 0. The standard InChI is InChI=1S/C15H17NO5Se/c1-14-15(2,19-3)21-13(18)16(14)11(12(17)20-14)9-22-10-7-5-4-6-8-10/h4-8,11H,9H2,1-3H3/t11-,14+,15-/m0/s1. The average molecular weight is 370 g/mol. The van der Waals surface area contributed by atoms with E-state index in [9.17, 15) is 9.59 Å². The van der Waals surface area contributed by atoms with Gasteiger partial charge in [-0.25, -0.2) is 0 Å². The Bertz CT molecular complexity index is 609. The minimum absolute atomic E-state index is 0.0581. The van der Waals surface area contributed by atoms with E-state index in [0.717, 1.165) is 0 Å². The van der Waals surface area contributed by atoms with E-state index in [0.29, 0.717) is 5.32 Å². The monoisotopic (exact) mass is 371 g/mol. The van der Waals surface area contributed by atoms with Crippen LogP contribution in [0.5, 0.6) is 0 Å². The van der Waals surface area contributed by atoms with Gasteiger partial charge >= 0.3 is 134 Å². The molecule has 1 amide bonds. The summed E-state index contributed by atoms with van der Waals surface area (Å²) in [5.41, 5.74) is -1.23. The van der Waals surface area contributed by atoms with Gasteiger partial charge in [-0.2, -0.15) is 0 Å². The van der Waals surface area contributed by atoms with Crippen LogP contribution in [0, 0.1) is 0 Å². The molecule has 0 bridgehead atoms. The van der Waals surface area contributed by atoms with Crippen LogP contribution in [0.3, 0.4) is 0 Å². The van der Waals surface area contributed by atoms with E-state index < -0.39 is 29.6 Å². The molecule has 0 aliphatic carbocycles. The van der Waals surface area contributed by atoms with Crippen molar-refractivity contribution < 1.29 is 23.8 Å². The Morgan fingerprint density at radius 3 is 2.55 bits per heavy atom. The van der Waals surface area contributed by atoms with E-state index in [1.807, 2.05) is 30.3 Å². The Kier molecular flexibility index (Phi) is 3.67. The Morgan fingerprint density at radius 2 is 1.91 bits per heavy atom. The summed E-state index contributed by atoms with van der Waals surface area (Å²) in [5.74, 6) is -1.70. The Labute approximate surface area is 134 Å². The molecule has 3 rings (SSSR count). The number of nitrogens with zero attached hydrogens (tertiary/aromatic N) is 1. The fraction of sp³-hybridized carbons (Fsp3) is 0.467. The van der Waals surface area contributed by atoms with Crippen molar-refractivity contribution in [1.82, 2.24) is 4.90 Å². The molecule has 118 valence electrons. The van der Waals surface area contributed by atoms with Crippen LogP contribution in [0.4, 0.5) is 4.79 Å². The van der Waals surface area contributed by atoms with Crippen LogP contribution in [0.1, 0.15) is 13.8 Å². The van der Waals surface area contributed by atoms with Gasteiger partial charge in [-0.3, -0.25) is 0 Å². The molecule has 0 aromatic heterocycles. The van der Waals surface area contributed by atoms with Crippen LogP contribution in [-0.4, -0.2) is 56.6 Å². The summed E-state index contributed by atoms with van der Waals surface area (Å²) < 4.78 is 17.2. The average Bonchev–Trinajstić information content (AvgIpc) is 2.87. The number of cyclic esters (lactones) is 1. The first-order chi connectivity index (χ1) is 10.4. The van der Waals surface area contributed by atoms with Gasteiger partial charge in [0.25, 0.3) is 0 Å². The fourth-order valence-corrected chi connectivity index (χ4v) is 4.77. The summed E-state index contributed by atoms with van der Waals surface area (Å²) in [6.45, 7) is 3.25. The molecule has 0 radical (unpaired) electrons. The van der Waals surface area contributed by atoms with Gasteiger partial charge in [0.1, 0.15) is 0 Å². The molecule has 2 fully saturated rings. The van der Waals surface area contributed by atoms with Crippen LogP contribution in [-0.2, 0) is 19.0 Å². The second-order valence-electron chi connectivity index (χ2n) is 5.43. The van der Waals surface area contributed by atoms with Gasteiger partial charge in [-0.15, -0.1) is 0 Å². The summed E-state index contributed by atoms with van der Waals surface area (Å²) in [6.07, 6.45) is -0.577. The molecule has 1 aromatic rings. The van der Waals surface area contributed by atoms with Crippen LogP contribution < -0.4 is 4.46 Å². The fourth-order valence-electron chi connectivity index (χ4n) is 2.70. The maximum atomic E-state index is 12.2. The van der Waals surface area contributed by atoms with Crippen LogP contribution in [0.25, 0.3) is 0 Å². The SMILES string of the molecule is CO[C@@]1(C)OC(=O)N2[C@@H](C[Se]c3ccccc3)C(=O)O[C@@]21C. The first-order valence-electron chi connectivity index (χ1n) is 6.89. The summed E-state index contributed by atoms with van der Waals surface area (Å²) in [6, 6.07) is 9.26. The molecule has 2 saturated heterocycles. The van der Waals surface area contributed by atoms with Gasteiger partial charge in [-0.1, -0.05) is 0 Å². The number of carbonyl (C=O) groups excluding carboxylic acids is 2. The zero-order valence-corrected chi connectivity index (χ0v) is 14.3. The number of methoxy groups -OCH3 is 1. The van der Waals surface area contributed by atoms with Crippen molar-refractivity contribution in [2.45, 2.75) is 36.7 Å². The van der Waals surface area contributed by atoms with E-state index in [1.54, 1.807) is 13.8 Å². The van der Waals surface area contributed by atoms with Crippen molar-refractivity contribution in [1.29, 1.82) is 0 Å². The van der Waals surface area contributed by atoms with Crippen LogP contribution in [0.15, 0.2) is 30.3 Å². The van der Waals surface area contributed by atoms with E-state index in [-0.39, 0.29) is 15.0 Å². The first-order valence-corrected chi connectivity index (χ1v) is 8.96. The number of amides is 1. The maximum absolute atomic E-state index is 12.2. The molecule has 0 unspecified atom stereocenters. The third kappa shape index (κ3) is 2.12. The van der Waals surface area contributed by atoms with Gasteiger partial charge in [0.2, 0.25) is 0 Å². The summed E-state index contributed by atoms with van der Waals surface area (Å²) in [5, 5.41) is 0.542. The van der Waals surface area contributed by atoms with Crippen molar-refractivity contribution in [2.24, 2.45) is 0 Å². The van der Waals surface area contributed by atoms with Gasteiger partial charge in [0, 0.05) is 0 Å². The number of ether oxygens (including phenoxy) is 3. The van der Waals surface area contributed by atoms with Crippen molar-refractivity contribution in [2.75, 3.05) is 7.11 Å². The van der Waals surface area contributed by atoms with E-state index in [2.05, 4.69) is 0 Å². The molecule has 1 aromatic carbocycles. The number of hydrogen-bond acceptors (Lipinski definition) is 5. The molecule has 22 heavy (non-hydrogen) atoms. The van der Waals surface area contributed by atoms with Crippen LogP contribution in [0.2, 0.25) is 5.32 Å². The van der Waals surface area contributed by atoms with Gasteiger partial charge in [0.15, 0.2) is 0 Å². The summed E-state index contributed by atoms with van der Waals surface area (Å²) in [7, 11) is 1.43. The molecule has 0 N–H and O–H groups in total. The predicted octanol–water partition coefficient (Wildman–Crippen LogP) is 0.891. The van der Waals surface area contributed by atoms with Crippen molar-refractivity contribution in [3.8, 4) is 0 Å². The quantitative estimate of drug-likeness (QED) is 0.582.